The molecule has 2 rings (SSSR count). The first-order chi connectivity index (χ1) is 9.61. The first-order valence-electron chi connectivity index (χ1n) is 6.92. The maximum atomic E-state index is 13.2. The van der Waals surface area contributed by atoms with Gasteiger partial charge in [0, 0.05) is 17.8 Å². The van der Waals surface area contributed by atoms with Crippen LogP contribution in [-0.2, 0) is 6.54 Å². The van der Waals surface area contributed by atoms with E-state index in [0.717, 1.165) is 12.1 Å². The van der Waals surface area contributed by atoms with Crippen LogP contribution in [0.2, 0.25) is 0 Å². The Bertz CT molecular complexity index is 566. The Morgan fingerprint density at radius 1 is 1.15 bits per heavy atom. The van der Waals surface area contributed by atoms with E-state index < -0.39 is 5.82 Å². The van der Waals surface area contributed by atoms with Gasteiger partial charge in [-0.2, -0.15) is 0 Å². The number of para-hydroxylation sites is 1. The summed E-state index contributed by atoms with van der Waals surface area (Å²) >= 11 is 0. The lowest BCUT2D eigenvalue weighted by Crippen LogP contribution is -2.01. The predicted octanol–water partition coefficient (Wildman–Crippen LogP) is 4.66. The van der Waals surface area contributed by atoms with Crippen LogP contribution in [0.25, 0.3) is 0 Å². The highest BCUT2D eigenvalue weighted by molar-refractivity contribution is 5.47. The second-order valence-electron chi connectivity index (χ2n) is 5.03. The van der Waals surface area contributed by atoms with Gasteiger partial charge in [-0.25, -0.2) is 4.39 Å². The molecule has 2 aromatic carbocycles. The van der Waals surface area contributed by atoms with Crippen molar-refractivity contribution in [3.8, 4) is 5.75 Å². The monoisotopic (exact) mass is 273 g/mol. The third-order valence-electron chi connectivity index (χ3n) is 3.65. The minimum atomic E-state index is -0.587. The van der Waals surface area contributed by atoms with Crippen molar-refractivity contribution in [3.63, 3.8) is 0 Å². The van der Waals surface area contributed by atoms with Gasteiger partial charge in [-0.1, -0.05) is 38.1 Å². The molecule has 0 aliphatic rings. The third kappa shape index (κ3) is 3.29. The number of phenolic OH excluding ortho intramolecular Hbond substituents is 1. The second-order valence-corrected chi connectivity index (χ2v) is 5.03. The Labute approximate surface area is 119 Å². The molecule has 0 bridgehead atoms. The van der Waals surface area contributed by atoms with Crippen molar-refractivity contribution in [1.82, 2.24) is 0 Å². The van der Waals surface area contributed by atoms with E-state index in [1.165, 1.54) is 11.6 Å². The van der Waals surface area contributed by atoms with Gasteiger partial charge in [0.25, 0.3) is 0 Å². The number of rotatable bonds is 5. The molecule has 0 fully saturated rings. The number of aromatic hydroxyl groups is 1. The molecular weight excluding hydrogens is 253 g/mol. The second kappa shape index (κ2) is 6.42. The van der Waals surface area contributed by atoms with Gasteiger partial charge in [0.05, 0.1) is 0 Å². The minimum absolute atomic E-state index is 0.281. The molecule has 0 spiro atoms. The summed E-state index contributed by atoms with van der Waals surface area (Å²) in [6.45, 7) is 4.77. The maximum absolute atomic E-state index is 13.2. The molecule has 2 N–H and O–H groups in total. The van der Waals surface area contributed by atoms with Crippen LogP contribution in [0.4, 0.5) is 10.1 Å². The van der Waals surface area contributed by atoms with Crippen LogP contribution in [0.15, 0.2) is 42.5 Å². The highest BCUT2D eigenvalue weighted by Crippen LogP contribution is 2.23. The molecule has 0 aliphatic heterocycles. The van der Waals surface area contributed by atoms with E-state index in [2.05, 4.69) is 31.3 Å². The van der Waals surface area contributed by atoms with Gasteiger partial charge in [0.15, 0.2) is 11.6 Å². The molecule has 0 saturated heterocycles. The Morgan fingerprint density at radius 3 is 2.50 bits per heavy atom. The van der Waals surface area contributed by atoms with Crippen LogP contribution in [0.5, 0.6) is 5.75 Å². The fraction of sp³-hybridized carbons (Fsp3) is 0.294. The van der Waals surface area contributed by atoms with Crippen molar-refractivity contribution in [1.29, 1.82) is 0 Å². The molecule has 20 heavy (non-hydrogen) atoms. The number of phenols is 1. The fourth-order valence-electron chi connectivity index (χ4n) is 2.07. The molecule has 2 nitrogen and oxygen atoms in total. The van der Waals surface area contributed by atoms with Crippen molar-refractivity contribution in [2.24, 2.45) is 0 Å². The fourth-order valence-corrected chi connectivity index (χ4v) is 2.07. The molecule has 0 aromatic heterocycles. The number of nitrogens with one attached hydrogen (secondary N) is 1. The quantitative estimate of drug-likeness (QED) is 0.830. The van der Waals surface area contributed by atoms with E-state index in [0.29, 0.717) is 18.0 Å². The van der Waals surface area contributed by atoms with E-state index in [4.69, 9.17) is 0 Å². The smallest absolute Gasteiger partial charge is 0.165 e. The van der Waals surface area contributed by atoms with Crippen molar-refractivity contribution < 1.29 is 9.50 Å². The first kappa shape index (κ1) is 14.4. The van der Waals surface area contributed by atoms with E-state index in [1.54, 1.807) is 12.1 Å². The van der Waals surface area contributed by atoms with E-state index in [1.807, 2.05) is 12.1 Å². The summed E-state index contributed by atoms with van der Waals surface area (Å²) in [5, 5.41) is 12.8. The van der Waals surface area contributed by atoms with Gasteiger partial charge in [0.2, 0.25) is 0 Å². The molecule has 0 radical (unpaired) electrons. The predicted molar refractivity (Wildman–Crippen MR) is 80.5 cm³/mol. The molecule has 0 amide bonds. The topological polar surface area (TPSA) is 32.3 Å². The summed E-state index contributed by atoms with van der Waals surface area (Å²) in [5.41, 5.74) is 2.82. The van der Waals surface area contributed by atoms with Crippen LogP contribution >= 0.6 is 0 Å². The van der Waals surface area contributed by atoms with Crippen LogP contribution < -0.4 is 5.32 Å². The number of halogens is 1. The Hall–Kier alpha value is -2.03. The minimum Gasteiger partial charge on any atom is -0.505 e. The lowest BCUT2D eigenvalue weighted by atomic mass is 9.98. The average Bonchev–Trinajstić information content (AvgIpc) is 2.48. The van der Waals surface area contributed by atoms with Gasteiger partial charge in [0.1, 0.15) is 0 Å². The maximum Gasteiger partial charge on any atom is 0.165 e. The Balaban J connectivity index is 2.02. The Kier molecular flexibility index (Phi) is 4.61. The van der Waals surface area contributed by atoms with Crippen molar-refractivity contribution in [2.45, 2.75) is 32.7 Å². The van der Waals surface area contributed by atoms with Crippen LogP contribution in [0.3, 0.4) is 0 Å². The zero-order valence-corrected chi connectivity index (χ0v) is 11.9. The zero-order chi connectivity index (χ0) is 14.5. The average molecular weight is 273 g/mol. The molecule has 0 saturated carbocycles. The standard InChI is InChI=1S/C17H20FNO/c1-3-12(2)13-7-9-15(10-8-13)19-11-14-5-4-6-16(18)17(14)20/h4-10,12,19-20H,3,11H2,1-2H3. The first-order valence-corrected chi connectivity index (χ1v) is 6.92. The SMILES string of the molecule is CCC(C)c1ccc(NCc2cccc(F)c2O)cc1. The summed E-state index contributed by atoms with van der Waals surface area (Å²) in [4.78, 5) is 0. The molecule has 1 unspecified atom stereocenters. The summed E-state index contributed by atoms with van der Waals surface area (Å²) in [6, 6.07) is 12.8. The van der Waals surface area contributed by atoms with E-state index >= 15 is 0 Å². The normalized spacial score (nSPS) is 12.2. The molecule has 1 atom stereocenters. The summed E-state index contributed by atoms with van der Waals surface area (Å²) in [6.07, 6.45) is 1.12. The number of anilines is 1. The lowest BCUT2D eigenvalue weighted by molar-refractivity contribution is 0.427. The largest absolute Gasteiger partial charge is 0.505 e. The van der Waals surface area contributed by atoms with Crippen LogP contribution in [0, 0.1) is 5.82 Å². The highest BCUT2D eigenvalue weighted by atomic mass is 19.1. The lowest BCUT2D eigenvalue weighted by Gasteiger charge is -2.12. The number of hydrogen-bond donors (Lipinski definition) is 2. The highest BCUT2D eigenvalue weighted by Gasteiger charge is 2.06. The van der Waals surface area contributed by atoms with E-state index in [9.17, 15) is 9.50 Å². The Morgan fingerprint density at radius 2 is 1.85 bits per heavy atom. The molecule has 3 heteroatoms. The van der Waals surface area contributed by atoms with Gasteiger partial charge in [-0.15, -0.1) is 0 Å². The van der Waals surface area contributed by atoms with Gasteiger partial charge >= 0.3 is 0 Å². The van der Waals surface area contributed by atoms with E-state index in [-0.39, 0.29) is 5.75 Å². The molecule has 0 heterocycles. The molecular formula is C17H20FNO. The van der Waals surface area contributed by atoms with Gasteiger partial charge < -0.3 is 10.4 Å². The van der Waals surface area contributed by atoms with Crippen molar-refractivity contribution in [3.05, 3.63) is 59.4 Å². The van der Waals surface area contributed by atoms with Crippen LogP contribution in [-0.4, -0.2) is 5.11 Å². The molecule has 2 aromatic rings. The zero-order valence-electron chi connectivity index (χ0n) is 11.9. The summed E-state index contributed by atoms with van der Waals surface area (Å²) in [5.74, 6) is -0.316. The summed E-state index contributed by atoms with van der Waals surface area (Å²) < 4.78 is 13.2. The molecule has 106 valence electrons. The number of hydrogen-bond acceptors (Lipinski definition) is 2. The number of benzene rings is 2. The van der Waals surface area contributed by atoms with Gasteiger partial charge in [-0.3, -0.25) is 0 Å². The third-order valence-corrected chi connectivity index (χ3v) is 3.65. The van der Waals surface area contributed by atoms with Crippen LogP contribution in [0.1, 0.15) is 37.3 Å². The van der Waals surface area contributed by atoms with Crippen molar-refractivity contribution in [2.75, 3.05) is 5.32 Å². The van der Waals surface area contributed by atoms with Crippen molar-refractivity contribution >= 4 is 5.69 Å². The van der Waals surface area contributed by atoms with Gasteiger partial charge in [-0.05, 0) is 36.1 Å². The molecule has 0 aliphatic carbocycles. The summed E-state index contributed by atoms with van der Waals surface area (Å²) in [7, 11) is 0.